The molecule has 0 aliphatic rings. The van der Waals surface area contributed by atoms with Crippen LogP contribution in [0.2, 0.25) is 0 Å². The molecular weight excluding hydrogens is 296 g/mol. The van der Waals surface area contributed by atoms with Crippen LogP contribution < -0.4 is 10.6 Å². The maximum atomic E-state index is 12.1. The molecule has 0 radical (unpaired) electrons. The van der Waals surface area contributed by atoms with E-state index in [2.05, 4.69) is 41.8 Å². The van der Waals surface area contributed by atoms with Gasteiger partial charge < -0.3 is 10.6 Å². The summed E-state index contributed by atoms with van der Waals surface area (Å²) in [4.78, 5) is 23.2. The van der Waals surface area contributed by atoms with Crippen LogP contribution in [0.3, 0.4) is 0 Å². The van der Waals surface area contributed by atoms with Crippen LogP contribution in [0, 0.1) is 12.8 Å². The second-order valence-corrected chi connectivity index (χ2v) is 6.86. The van der Waals surface area contributed by atoms with Crippen molar-refractivity contribution in [3.8, 4) is 0 Å². The van der Waals surface area contributed by atoms with E-state index >= 15 is 0 Å². The Hall–Kier alpha value is -1.49. The fourth-order valence-corrected chi connectivity index (χ4v) is 2.80. The van der Waals surface area contributed by atoms with Gasteiger partial charge in [0.15, 0.2) is 0 Å². The van der Waals surface area contributed by atoms with Gasteiger partial charge in [0.1, 0.15) is 6.04 Å². The zero-order valence-electron chi connectivity index (χ0n) is 13.8. The van der Waals surface area contributed by atoms with Crippen LogP contribution in [-0.4, -0.2) is 30.2 Å². The molecule has 5 heteroatoms. The third kappa shape index (κ3) is 6.98. The monoisotopic (exact) mass is 322 g/mol. The number of rotatable bonds is 8. The van der Waals surface area contributed by atoms with Gasteiger partial charge in [-0.2, -0.15) is 11.8 Å². The van der Waals surface area contributed by atoms with Gasteiger partial charge in [-0.15, -0.1) is 0 Å². The zero-order valence-corrected chi connectivity index (χ0v) is 14.6. The molecule has 122 valence electrons. The molecule has 2 amide bonds. The normalized spacial score (nSPS) is 12.0. The minimum Gasteiger partial charge on any atom is -0.353 e. The molecule has 4 nitrogen and oxygen atoms in total. The molecule has 0 aliphatic heterocycles. The van der Waals surface area contributed by atoms with Crippen LogP contribution >= 0.6 is 11.8 Å². The van der Waals surface area contributed by atoms with E-state index in [0.717, 1.165) is 11.5 Å². The third-order valence-electron chi connectivity index (χ3n) is 3.24. The molecule has 0 aliphatic carbocycles. The second-order valence-electron chi connectivity index (χ2n) is 5.75. The lowest BCUT2D eigenvalue weighted by Crippen LogP contribution is -2.49. The van der Waals surface area contributed by atoms with Crippen molar-refractivity contribution in [3.63, 3.8) is 0 Å². The van der Waals surface area contributed by atoms with Crippen LogP contribution in [0.5, 0.6) is 0 Å². The standard InChI is InChI=1S/C17H26N2O2S/c1-12(2)16(19-14(4)20)17(21)18-9-10-22-11-15-7-5-13(3)6-8-15/h5-8,12,16H,9-11H2,1-4H3,(H,18,21)(H,19,20). The molecule has 1 rings (SSSR count). The van der Waals surface area contributed by atoms with Gasteiger partial charge in [-0.3, -0.25) is 9.59 Å². The Labute approximate surface area is 137 Å². The van der Waals surface area contributed by atoms with E-state index in [1.807, 2.05) is 13.8 Å². The van der Waals surface area contributed by atoms with Crippen LogP contribution in [0.1, 0.15) is 31.9 Å². The molecule has 1 aromatic rings. The number of hydrogen-bond acceptors (Lipinski definition) is 3. The first-order chi connectivity index (χ1) is 10.4. The van der Waals surface area contributed by atoms with Gasteiger partial charge in [0.05, 0.1) is 0 Å². The first kappa shape index (κ1) is 18.6. The van der Waals surface area contributed by atoms with Crippen LogP contribution in [0.15, 0.2) is 24.3 Å². The maximum absolute atomic E-state index is 12.1. The summed E-state index contributed by atoms with van der Waals surface area (Å²) in [6.07, 6.45) is 0. The van der Waals surface area contributed by atoms with Crippen LogP contribution in [-0.2, 0) is 15.3 Å². The van der Waals surface area contributed by atoms with Gasteiger partial charge in [-0.1, -0.05) is 43.7 Å². The molecule has 0 bridgehead atoms. The van der Waals surface area contributed by atoms with Crippen molar-refractivity contribution < 1.29 is 9.59 Å². The average Bonchev–Trinajstić information content (AvgIpc) is 2.45. The van der Waals surface area contributed by atoms with Gasteiger partial charge in [0.2, 0.25) is 11.8 Å². The molecule has 0 fully saturated rings. The Morgan fingerprint density at radius 2 is 1.82 bits per heavy atom. The first-order valence-corrected chi connectivity index (χ1v) is 8.73. The summed E-state index contributed by atoms with van der Waals surface area (Å²) in [5.74, 6) is 1.58. The Morgan fingerprint density at radius 1 is 1.18 bits per heavy atom. The fourth-order valence-electron chi connectivity index (χ4n) is 1.98. The number of carbonyl (C=O) groups is 2. The number of amides is 2. The lowest BCUT2D eigenvalue weighted by molar-refractivity contribution is -0.129. The van der Waals surface area contributed by atoms with Gasteiger partial charge in [-0.25, -0.2) is 0 Å². The van der Waals surface area contributed by atoms with Crippen molar-refractivity contribution in [3.05, 3.63) is 35.4 Å². The largest absolute Gasteiger partial charge is 0.353 e. The molecule has 0 saturated carbocycles. The molecule has 0 heterocycles. The molecule has 1 atom stereocenters. The lowest BCUT2D eigenvalue weighted by atomic mass is 10.0. The van der Waals surface area contributed by atoms with Gasteiger partial charge in [0, 0.05) is 25.0 Å². The highest BCUT2D eigenvalue weighted by atomic mass is 32.2. The van der Waals surface area contributed by atoms with Crippen molar-refractivity contribution in [2.24, 2.45) is 5.92 Å². The highest BCUT2D eigenvalue weighted by Gasteiger charge is 2.22. The first-order valence-electron chi connectivity index (χ1n) is 7.58. The maximum Gasteiger partial charge on any atom is 0.242 e. The number of hydrogen-bond donors (Lipinski definition) is 2. The van der Waals surface area contributed by atoms with E-state index in [-0.39, 0.29) is 17.7 Å². The molecular formula is C17H26N2O2S. The predicted octanol–water partition coefficient (Wildman–Crippen LogP) is 2.51. The van der Waals surface area contributed by atoms with E-state index in [1.54, 1.807) is 11.8 Å². The second kappa shape index (κ2) is 9.51. The SMILES string of the molecule is CC(=O)NC(C(=O)NCCSCc1ccc(C)cc1)C(C)C. The van der Waals surface area contributed by atoms with Crippen molar-refractivity contribution >= 4 is 23.6 Å². The summed E-state index contributed by atoms with van der Waals surface area (Å²) < 4.78 is 0. The minimum absolute atomic E-state index is 0.0733. The van der Waals surface area contributed by atoms with Gasteiger partial charge in [0.25, 0.3) is 0 Å². The van der Waals surface area contributed by atoms with Gasteiger partial charge >= 0.3 is 0 Å². The molecule has 1 aromatic carbocycles. The highest BCUT2D eigenvalue weighted by molar-refractivity contribution is 7.98. The van der Waals surface area contributed by atoms with Crippen LogP contribution in [0.25, 0.3) is 0 Å². The van der Waals surface area contributed by atoms with E-state index in [9.17, 15) is 9.59 Å². The predicted molar refractivity (Wildman–Crippen MR) is 92.8 cm³/mol. The molecule has 1 unspecified atom stereocenters. The highest BCUT2D eigenvalue weighted by Crippen LogP contribution is 2.12. The van der Waals surface area contributed by atoms with E-state index < -0.39 is 6.04 Å². The van der Waals surface area contributed by atoms with Crippen molar-refractivity contribution in [2.45, 2.75) is 39.5 Å². The summed E-state index contributed by atoms with van der Waals surface area (Å²) in [6.45, 7) is 7.96. The molecule has 0 aromatic heterocycles. The summed E-state index contributed by atoms with van der Waals surface area (Å²) in [5.41, 5.74) is 2.55. The average molecular weight is 322 g/mol. The number of aryl methyl sites for hydroxylation is 1. The smallest absolute Gasteiger partial charge is 0.242 e. The quantitative estimate of drug-likeness (QED) is 0.723. The summed E-state index contributed by atoms with van der Waals surface area (Å²) >= 11 is 1.79. The summed E-state index contributed by atoms with van der Waals surface area (Å²) in [7, 11) is 0. The minimum atomic E-state index is -0.459. The Bertz CT molecular complexity index is 486. The van der Waals surface area contributed by atoms with Crippen molar-refractivity contribution in [2.75, 3.05) is 12.3 Å². The zero-order chi connectivity index (χ0) is 16.5. The van der Waals surface area contributed by atoms with Gasteiger partial charge in [-0.05, 0) is 18.4 Å². The van der Waals surface area contributed by atoms with E-state index in [0.29, 0.717) is 6.54 Å². The lowest BCUT2D eigenvalue weighted by Gasteiger charge is -2.20. The summed E-state index contributed by atoms with van der Waals surface area (Å²) in [5, 5.41) is 5.58. The van der Waals surface area contributed by atoms with E-state index in [4.69, 9.17) is 0 Å². The molecule has 0 saturated heterocycles. The number of benzene rings is 1. The Kier molecular flexibility index (Phi) is 8.02. The Balaban J connectivity index is 2.26. The third-order valence-corrected chi connectivity index (χ3v) is 4.27. The topological polar surface area (TPSA) is 58.2 Å². The molecule has 2 N–H and O–H groups in total. The number of carbonyl (C=O) groups excluding carboxylic acids is 2. The fraction of sp³-hybridized carbons (Fsp3) is 0.529. The molecule has 22 heavy (non-hydrogen) atoms. The van der Waals surface area contributed by atoms with E-state index in [1.165, 1.54) is 18.1 Å². The number of nitrogens with one attached hydrogen (secondary N) is 2. The number of thioether (sulfide) groups is 1. The summed E-state index contributed by atoms with van der Waals surface area (Å²) in [6, 6.07) is 8.02. The van der Waals surface area contributed by atoms with Crippen molar-refractivity contribution in [1.29, 1.82) is 0 Å². The van der Waals surface area contributed by atoms with Crippen molar-refractivity contribution in [1.82, 2.24) is 10.6 Å². The van der Waals surface area contributed by atoms with Crippen LogP contribution in [0.4, 0.5) is 0 Å². The Morgan fingerprint density at radius 3 is 2.36 bits per heavy atom. The molecule has 0 spiro atoms.